The van der Waals surface area contributed by atoms with Crippen LogP contribution in [0.2, 0.25) is 5.02 Å². The van der Waals surface area contributed by atoms with E-state index in [1.807, 2.05) is 6.92 Å². The molecule has 0 atom stereocenters. The number of pyridine rings is 1. The van der Waals surface area contributed by atoms with E-state index in [0.29, 0.717) is 28.0 Å². The number of nitrogens with zero attached hydrogens (tertiary/aromatic N) is 2. The zero-order chi connectivity index (χ0) is 26.2. The fraction of sp³-hybridized carbons (Fsp3) is 0.111. The molecule has 0 radical (unpaired) electrons. The molecule has 0 bridgehead atoms. The molecule has 0 unspecified atom stereocenters. The highest BCUT2D eigenvalue weighted by atomic mass is 35.5. The zero-order valence-corrected chi connectivity index (χ0v) is 19.5. The molecule has 0 saturated heterocycles. The van der Waals surface area contributed by atoms with Gasteiger partial charge in [-0.05, 0) is 48.4 Å². The lowest BCUT2D eigenvalue weighted by Gasteiger charge is -2.17. The zero-order valence-electron chi connectivity index (χ0n) is 18.8. The number of furan rings is 1. The summed E-state index contributed by atoms with van der Waals surface area (Å²) in [4.78, 5) is 13.1. The van der Waals surface area contributed by atoms with Gasteiger partial charge in [0.25, 0.3) is 5.56 Å². The maximum absolute atomic E-state index is 14.7. The minimum absolute atomic E-state index is 0.0321. The van der Waals surface area contributed by atoms with Crippen LogP contribution in [0.15, 0.2) is 70.4 Å². The van der Waals surface area contributed by atoms with Gasteiger partial charge in [0.1, 0.15) is 23.2 Å². The van der Waals surface area contributed by atoms with Crippen LogP contribution in [0.3, 0.4) is 0 Å². The molecule has 4 rings (SSSR count). The summed E-state index contributed by atoms with van der Waals surface area (Å²) in [6, 6.07) is 14.2. The quantitative estimate of drug-likeness (QED) is 0.261. The second kappa shape index (κ2) is 9.51. The minimum atomic E-state index is -4.98. The third-order valence-corrected chi connectivity index (χ3v) is 6.08. The SMILES string of the molecule is C=Cc1ccc(Cn2c(-c3ccc(-c4ccc(C)c(Cl)c4)o3)cc(C(F)(F)F)c(C#N)c2=O)c(F)c1. The normalized spacial score (nSPS) is 11.4. The van der Waals surface area contributed by atoms with Gasteiger partial charge in [-0.1, -0.05) is 48.5 Å². The Bertz CT molecular complexity index is 1590. The summed E-state index contributed by atoms with van der Waals surface area (Å²) in [5.74, 6) is -0.458. The lowest BCUT2D eigenvalue weighted by Crippen LogP contribution is -2.29. The van der Waals surface area contributed by atoms with Gasteiger partial charge in [0.2, 0.25) is 0 Å². The smallest absolute Gasteiger partial charge is 0.417 e. The Morgan fingerprint density at radius 1 is 1.11 bits per heavy atom. The Kier molecular flexibility index (Phi) is 6.61. The average molecular weight is 513 g/mol. The van der Waals surface area contributed by atoms with Gasteiger partial charge in [-0.15, -0.1) is 0 Å². The van der Waals surface area contributed by atoms with Gasteiger partial charge in [-0.25, -0.2) is 4.39 Å². The molecule has 36 heavy (non-hydrogen) atoms. The maximum atomic E-state index is 14.7. The Morgan fingerprint density at radius 2 is 1.83 bits per heavy atom. The van der Waals surface area contributed by atoms with Crippen LogP contribution in [0.5, 0.6) is 0 Å². The Hall–Kier alpha value is -4.09. The molecule has 0 fully saturated rings. The number of aryl methyl sites for hydroxylation is 1. The average Bonchev–Trinajstić information content (AvgIpc) is 3.32. The Labute approximate surface area is 208 Å². The fourth-order valence-electron chi connectivity index (χ4n) is 3.71. The number of hydrogen-bond donors (Lipinski definition) is 0. The third kappa shape index (κ3) is 4.70. The first-order valence-corrected chi connectivity index (χ1v) is 10.9. The molecule has 4 nitrogen and oxygen atoms in total. The largest absolute Gasteiger partial charge is 0.455 e. The van der Waals surface area contributed by atoms with Crippen LogP contribution in [-0.4, -0.2) is 4.57 Å². The van der Waals surface area contributed by atoms with Crippen molar-refractivity contribution in [2.24, 2.45) is 0 Å². The molecule has 2 heterocycles. The van der Waals surface area contributed by atoms with E-state index < -0.39 is 35.2 Å². The van der Waals surface area contributed by atoms with Gasteiger partial charge in [-0.3, -0.25) is 9.36 Å². The van der Waals surface area contributed by atoms with Gasteiger partial charge in [-0.2, -0.15) is 18.4 Å². The first kappa shape index (κ1) is 25.0. The van der Waals surface area contributed by atoms with Crippen LogP contribution in [0.25, 0.3) is 28.9 Å². The summed E-state index contributed by atoms with van der Waals surface area (Å²) >= 11 is 6.18. The molecule has 0 spiro atoms. The Morgan fingerprint density at radius 3 is 2.44 bits per heavy atom. The van der Waals surface area contributed by atoms with Crippen molar-refractivity contribution in [1.82, 2.24) is 4.57 Å². The van der Waals surface area contributed by atoms with Gasteiger partial charge in [0, 0.05) is 16.1 Å². The lowest BCUT2D eigenvalue weighted by molar-refractivity contribution is -0.137. The topological polar surface area (TPSA) is 58.9 Å². The van der Waals surface area contributed by atoms with Crippen molar-refractivity contribution in [2.75, 3.05) is 0 Å². The number of rotatable bonds is 5. The molecule has 0 aliphatic heterocycles. The lowest BCUT2D eigenvalue weighted by atomic mass is 10.1. The standard InChI is InChI=1S/C27H17ClF4N2O2/c1-3-16-5-7-18(22(29)10-16)14-34-23(12-20(27(30,31)32)19(13-33)26(34)35)25-9-8-24(36-25)17-6-4-15(2)21(28)11-17/h3-12H,1,14H2,2H3. The van der Waals surface area contributed by atoms with E-state index >= 15 is 0 Å². The Balaban J connectivity index is 1.93. The molecule has 0 N–H and O–H groups in total. The number of benzene rings is 2. The fourth-order valence-corrected chi connectivity index (χ4v) is 3.89. The summed E-state index contributed by atoms with van der Waals surface area (Å²) in [6.45, 7) is 4.94. The summed E-state index contributed by atoms with van der Waals surface area (Å²) in [5, 5.41) is 9.83. The third-order valence-electron chi connectivity index (χ3n) is 5.67. The van der Waals surface area contributed by atoms with Crippen LogP contribution in [0, 0.1) is 24.1 Å². The van der Waals surface area contributed by atoms with E-state index in [0.717, 1.165) is 10.1 Å². The van der Waals surface area contributed by atoms with Crippen molar-refractivity contribution in [1.29, 1.82) is 5.26 Å². The molecule has 9 heteroatoms. The molecule has 4 aromatic rings. The highest BCUT2D eigenvalue weighted by Gasteiger charge is 2.37. The van der Waals surface area contributed by atoms with Crippen LogP contribution >= 0.6 is 11.6 Å². The molecule has 0 aliphatic carbocycles. The predicted molar refractivity (Wildman–Crippen MR) is 129 cm³/mol. The molecule has 0 aliphatic rings. The van der Waals surface area contributed by atoms with Crippen molar-refractivity contribution in [3.05, 3.63) is 110 Å². The van der Waals surface area contributed by atoms with Crippen molar-refractivity contribution >= 4 is 17.7 Å². The number of aromatic nitrogens is 1. The molecule has 0 amide bonds. The number of halogens is 5. The second-order valence-electron chi connectivity index (χ2n) is 8.00. The molecule has 2 aromatic carbocycles. The first-order chi connectivity index (χ1) is 17.0. The summed E-state index contributed by atoms with van der Waals surface area (Å²) in [5.41, 5.74) is -2.06. The van der Waals surface area contributed by atoms with Crippen molar-refractivity contribution in [3.8, 4) is 28.8 Å². The number of alkyl halides is 3. The molecular weight excluding hydrogens is 496 g/mol. The van der Waals surface area contributed by atoms with E-state index in [2.05, 4.69) is 6.58 Å². The molecule has 0 saturated carbocycles. The van der Waals surface area contributed by atoms with E-state index in [9.17, 15) is 27.6 Å². The monoisotopic (exact) mass is 512 g/mol. The van der Waals surface area contributed by atoms with Gasteiger partial charge in [0.15, 0.2) is 5.76 Å². The minimum Gasteiger partial charge on any atom is -0.455 e. The van der Waals surface area contributed by atoms with Gasteiger partial charge >= 0.3 is 6.18 Å². The summed E-state index contributed by atoms with van der Waals surface area (Å²) < 4.78 is 62.7. The van der Waals surface area contributed by atoms with Gasteiger partial charge < -0.3 is 4.42 Å². The summed E-state index contributed by atoms with van der Waals surface area (Å²) in [6.07, 6.45) is -3.55. The molecule has 2 aromatic heterocycles. The first-order valence-electron chi connectivity index (χ1n) is 10.6. The van der Waals surface area contributed by atoms with E-state index in [4.69, 9.17) is 16.0 Å². The van der Waals surface area contributed by atoms with E-state index in [1.165, 1.54) is 36.4 Å². The highest BCUT2D eigenvalue weighted by Crippen LogP contribution is 2.36. The maximum Gasteiger partial charge on any atom is 0.417 e. The van der Waals surface area contributed by atoms with Crippen molar-refractivity contribution in [3.63, 3.8) is 0 Å². The summed E-state index contributed by atoms with van der Waals surface area (Å²) in [7, 11) is 0. The number of hydrogen-bond acceptors (Lipinski definition) is 3. The van der Waals surface area contributed by atoms with Crippen LogP contribution in [-0.2, 0) is 12.7 Å². The van der Waals surface area contributed by atoms with Crippen molar-refractivity contribution in [2.45, 2.75) is 19.6 Å². The second-order valence-corrected chi connectivity index (χ2v) is 8.41. The van der Waals surface area contributed by atoms with Crippen LogP contribution < -0.4 is 5.56 Å². The molecule has 182 valence electrons. The van der Waals surface area contributed by atoms with E-state index in [1.54, 1.807) is 24.3 Å². The van der Waals surface area contributed by atoms with Crippen molar-refractivity contribution < 1.29 is 22.0 Å². The highest BCUT2D eigenvalue weighted by molar-refractivity contribution is 6.31. The van der Waals surface area contributed by atoms with Gasteiger partial charge in [0.05, 0.1) is 17.8 Å². The van der Waals surface area contributed by atoms with E-state index in [-0.39, 0.29) is 17.0 Å². The predicted octanol–water partition coefficient (Wildman–Crippen LogP) is 7.46. The van der Waals surface area contributed by atoms with Crippen LogP contribution in [0.1, 0.15) is 27.8 Å². The molecular formula is C27H17ClF4N2O2. The number of nitriles is 1. The van der Waals surface area contributed by atoms with Crippen LogP contribution in [0.4, 0.5) is 17.6 Å².